The van der Waals surface area contributed by atoms with E-state index in [0.717, 1.165) is 18.8 Å². The molecule has 2 aromatic heterocycles. The summed E-state index contributed by atoms with van der Waals surface area (Å²) >= 11 is 0. The molecule has 6 nitrogen and oxygen atoms in total. The number of ether oxygens (including phenoxy) is 1. The number of fused-ring (bicyclic) bond motifs is 1. The Bertz CT molecular complexity index is 910. The van der Waals surface area contributed by atoms with Gasteiger partial charge >= 0.3 is 0 Å². The van der Waals surface area contributed by atoms with Crippen molar-refractivity contribution < 1.29 is 9.13 Å². The van der Waals surface area contributed by atoms with Crippen molar-refractivity contribution >= 4 is 11.5 Å². The van der Waals surface area contributed by atoms with Crippen molar-refractivity contribution in [1.82, 2.24) is 19.8 Å². The van der Waals surface area contributed by atoms with Crippen LogP contribution in [0.4, 0.5) is 10.2 Å². The van der Waals surface area contributed by atoms with E-state index in [1.165, 1.54) is 6.07 Å². The highest BCUT2D eigenvalue weighted by atomic mass is 19.1. The van der Waals surface area contributed by atoms with Gasteiger partial charge in [-0.05, 0) is 36.6 Å². The van der Waals surface area contributed by atoms with Gasteiger partial charge in [0, 0.05) is 6.54 Å². The maximum atomic E-state index is 14.2. The predicted molar refractivity (Wildman–Crippen MR) is 97.6 cm³/mol. The summed E-state index contributed by atoms with van der Waals surface area (Å²) in [6.07, 6.45) is 1.03. The molecule has 1 aliphatic rings. The molecule has 0 aliphatic carbocycles. The topological polar surface area (TPSA) is 55.5 Å². The number of nitrogens with zero attached hydrogens (tertiary/aromatic N) is 5. The van der Waals surface area contributed by atoms with Crippen molar-refractivity contribution in [2.75, 3.05) is 24.7 Å². The molecule has 0 bridgehead atoms. The molecule has 3 aromatic rings. The average Bonchev–Trinajstić information content (AvgIpc) is 3.05. The molecule has 1 aliphatic heterocycles. The first kappa shape index (κ1) is 16.9. The standard InChI is InChI=1S/C19H22FN5O/c1-13(2)11-14-12-26-10-9-24(14)18-8-7-17-21-22-19(25(17)23-18)15-5-3-4-6-16(15)20/h3-8,13-14H,9-12H2,1-2H3. The Morgan fingerprint density at radius 2 is 2.04 bits per heavy atom. The molecule has 1 fully saturated rings. The number of aromatic nitrogens is 4. The highest BCUT2D eigenvalue weighted by molar-refractivity contribution is 5.60. The number of benzene rings is 1. The zero-order valence-corrected chi connectivity index (χ0v) is 15.0. The fraction of sp³-hybridized carbons (Fsp3) is 0.421. The second-order valence-corrected chi connectivity index (χ2v) is 7.02. The third-order valence-corrected chi connectivity index (χ3v) is 4.63. The van der Waals surface area contributed by atoms with Crippen LogP contribution in [0.25, 0.3) is 17.0 Å². The van der Waals surface area contributed by atoms with Gasteiger partial charge in [-0.25, -0.2) is 4.39 Å². The largest absolute Gasteiger partial charge is 0.377 e. The molecular formula is C19H22FN5O. The first-order valence-electron chi connectivity index (χ1n) is 8.95. The molecule has 26 heavy (non-hydrogen) atoms. The van der Waals surface area contributed by atoms with Crippen molar-refractivity contribution in [3.05, 3.63) is 42.2 Å². The van der Waals surface area contributed by atoms with Gasteiger partial charge in [-0.15, -0.1) is 15.3 Å². The Balaban J connectivity index is 1.75. The van der Waals surface area contributed by atoms with Crippen LogP contribution >= 0.6 is 0 Å². The molecule has 4 rings (SSSR count). The number of hydrogen-bond donors (Lipinski definition) is 0. The Morgan fingerprint density at radius 1 is 1.19 bits per heavy atom. The molecule has 136 valence electrons. The molecule has 0 amide bonds. The maximum absolute atomic E-state index is 14.2. The summed E-state index contributed by atoms with van der Waals surface area (Å²) in [4.78, 5) is 2.27. The lowest BCUT2D eigenvalue weighted by Crippen LogP contribution is -2.46. The molecular weight excluding hydrogens is 333 g/mol. The maximum Gasteiger partial charge on any atom is 0.188 e. The van der Waals surface area contributed by atoms with Gasteiger partial charge in [0.15, 0.2) is 11.5 Å². The number of morpholine rings is 1. The van der Waals surface area contributed by atoms with Crippen LogP contribution in [-0.4, -0.2) is 45.6 Å². The average molecular weight is 355 g/mol. The predicted octanol–water partition coefficient (Wildman–Crippen LogP) is 3.18. The minimum absolute atomic E-state index is 0.280. The third-order valence-electron chi connectivity index (χ3n) is 4.63. The Labute approximate surface area is 151 Å². The summed E-state index contributed by atoms with van der Waals surface area (Å²) in [5, 5.41) is 13.0. The smallest absolute Gasteiger partial charge is 0.188 e. The summed E-state index contributed by atoms with van der Waals surface area (Å²) in [5.74, 6) is 1.48. The summed E-state index contributed by atoms with van der Waals surface area (Å²) in [5.41, 5.74) is 0.992. The van der Waals surface area contributed by atoms with Gasteiger partial charge in [0.2, 0.25) is 0 Å². The van der Waals surface area contributed by atoms with Crippen molar-refractivity contribution in [2.24, 2.45) is 5.92 Å². The Morgan fingerprint density at radius 3 is 2.85 bits per heavy atom. The van der Waals surface area contributed by atoms with Crippen LogP contribution in [0.5, 0.6) is 0 Å². The second kappa shape index (κ2) is 6.99. The Kier molecular flexibility index (Phi) is 4.55. The zero-order chi connectivity index (χ0) is 18.1. The first-order valence-corrected chi connectivity index (χ1v) is 8.95. The number of anilines is 1. The zero-order valence-electron chi connectivity index (χ0n) is 15.0. The molecule has 1 aromatic carbocycles. The first-order chi connectivity index (χ1) is 12.6. The van der Waals surface area contributed by atoms with E-state index in [0.29, 0.717) is 36.2 Å². The van der Waals surface area contributed by atoms with Crippen molar-refractivity contribution in [2.45, 2.75) is 26.3 Å². The second-order valence-electron chi connectivity index (χ2n) is 7.02. The highest BCUT2D eigenvalue weighted by Crippen LogP contribution is 2.25. The van der Waals surface area contributed by atoms with Crippen molar-refractivity contribution in [3.63, 3.8) is 0 Å². The fourth-order valence-electron chi connectivity index (χ4n) is 3.44. The summed E-state index contributed by atoms with van der Waals surface area (Å²) in [7, 11) is 0. The van der Waals surface area contributed by atoms with Crippen LogP contribution in [0.1, 0.15) is 20.3 Å². The van der Waals surface area contributed by atoms with E-state index in [9.17, 15) is 4.39 Å². The van der Waals surface area contributed by atoms with E-state index in [1.54, 1.807) is 22.7 Å². The van der Waals surface area contributed by atoms with Gasteiger partial charge in [0.25, 0.3) is 0 Å². The molecule has 1 atom stereocenters. The molecule has 1 saturated heterocycles. The number of hydrogen-bond acceptors (Lipinski definition) is 5. The van der Waals surface area contributed by atoms with Gasteiger partial charge < -0.3 is 9.64 Å². The van der Waals surface area contributed by atoms with E-state index in [-0.39, 0.29) is 11.9 Å². The minimum atomic E-state index is -0.335. The van der Waals surface area contributed by atoms with Crippen LogP contribution in [0, 0.1) is 11.7 Å². The van der Waals surface area contributed by atoms with Crippen molar-refractivity contribution in [3.8, 4) is 11.4 Å². The Hall–Kier alpha value is -2.54. The lowest BCUT2D eigenvalue weighted by atomic mass is 10.0. The van der Waals surface area contributed by atoms with Crippen LogP contribution < -0.4 is 4.90 Å². The molecule has 0 N–H and O–H groups in total. The molecule has 7 heteroatoms. The van der Waals surface area contributed by atoms with Crippen LogP contribution in [-0.2, 0) is 4.74 Å². The van der Waals surface area contributed by atoms with Gasteiger partial charge in [-0.1, -0.05) is 26.0 Å². The monoisotopic (exact) mass is 355 g/mol. The quantitative estimate of drug-likeness (QED) is 0.719. The molecule has 3 heterocycles. The SMILES string of the molecule is CC(C)CC1COCCN1c1ccc2nnc(-c3ccccc3F)n2n1. The van der Waals surface area contributed by atoms with Gasteiger partial charge in [0.05, 0.1) is 24.8 Å². The lowest BCUT2D eigenvalue weighted by molar-refractivity contribution is 0.0872. The van der Waals surface area contributed by atoms with E-state index in [4.69, 9.17) is 9.84 Å². The molecule has 0 radical (unpaired) electrons. The molecule has 1 unspecified atom stereocenters. The van der Waals surface area contributed by atoms with Crippen LogP contribution in [0.2, 0.25) is 0 Å². The summed E-state index contributed by atoms with van der Waals surface area (Å²) in [6, 6.07) is 10.7. The van der Waals surface area contributed by atoms with E-state index in [1.807, 2.05) is 12.1 Å². The van der Waals surface area contributed by atoms with Crippen molar-refractivity contribution in [1.29, 1.82) is 0 Å². The van der Waals surface area contributed by atoms with Crippen LogP contribution in [0.3, 0.4) is 0 Å². The van der Waals surface area contributed by atoms with Gasteiger partial charge in [-0.3, -0.25) is 0 Å². The van der Waals surface area contributed by atoms with E-state index in [2.05, 4.69) is 28.9 Å². The normalized spacial score (nSPS) is 18.0. The summed E-state index contributed by atoms with van der Waals surface area (Å²) < 4.78 is 21.5. The molecule has 0 saturated carbocycles. The lowest BCUT2D eigenvalue weighted by Gasteiger charge is -2.37. The van der Waals surface area contributed by atoms with Gasteiger partial charge in [0.1, 0.15) is 11.6 Å². The highest BCUT2D eigenvalue weighted by Gasteiger charge is 2.26. The minimum Gasteiger partial charge on any atom is -0.377 e. The third kappa shape index (κ3) is 3.14. The number of rotatable bonds is 4. The number of halogens is 1. The van der Waals surface area contributed by atoms with Gasteiger partial charge in [-0.2, -0.15) is 4.52 Å². The van der Waals surface area contributed by atoms with E-state index >= 15 is 0 Å². The van der Waals surface area contributed by atoms with Crippen LogP contribution in [0.15, 0.2) is 36.4 Å². The fourth-order valence-corrected chi connectivity index (χ4v) is 3.44. The summed E-state index contributed by atoms with van der Waals surface area (Å²) in [6.45, 7) is 6.57. The molecule has 0 spiro atoms. The van der Waals surface area contributed by atoms with E-state index < -0.39 is 0 Å².